The molecule has 0 fully saturated rings. The quantitative estimate of drug-likeness (QED) is 0.165. The van der Waals surface area contributed by atoms with Gasteiger partial charge < -0.3 is 0 Å². The zero-order valence-electron chi connectivity index (χ0n) is 31.3. The van der Waals surface area contributed by atoms with E-state index in [-0.39, 0.29) is 0 Å². The minimum absolute atomic E-state index is 0.792. The molecule has 0 atom stereocenters. The van der Waals surface area contributed by atoms with E-state index in [1.54, 1.807) is 0 Å². The minimum atomic E-state index is 0.792. The van der Waals surface area contributed by atoms with Crippen molar-refractivity contribution in [3.63, 3.8) is 0 Å². The topological polar surface area (TPSA) is 48.0 Å². The van der Waals surface area contributed by atoms with Crippen molar-refractivity contribution in [3.8, 4) is 50.8 Å². The first kappa shape index (κ1) is 32.4. The number of pyridine rings is 1. The maximum Gasteiger partial charge on any atom is 0.165 e. The van der Waals surface area contributed by atoms with E-state index in [9.17, 15) is 0 Å². The standard InChI is InChI=1S/C53H33N5/c1-5-17-34(18-6-1)38-29-30-40-46(33-38)57(53-50(36-21-9-3-10-22-36)54-42-26-14-15-27-43(42)55-53)45-32-31-41-47(48(40)45)39-25-13-16-28-44(39)58-51(41)49(35-19-7-2-8-20-35)56-52(58)37-23-11-4-12-24-37/h1-33H. The van der Waals surface area contributed by atoms with E-state index in [2.05, 4.69) is 185 Å². The van der Waals surface area contributed by atoms with Crippen LogP contribution in [0.4, 0.5) is 0 Å². The molecule has 12 aromatic rings. The van der Waals surface area contributed by atoms with Gasteiger partial charge in [0.2, 0.25) is 0 Å². The second-order valence-corrected chi connectivity index (χ2v) is 14.8. The summed E-state index contributed by atoms with van der Waals surface area (Å²) in [6, 6.07) is 70.6. The van der Waals surface area contributed by atoms with Gasteiger partial charge in [-0.05, 0) is 41.5 Å². The molecule has 0 unspecified atom stereocenters. The van der Waals surface area contributed by atoms with Crippen molar-refractivity contribution in [3.05, 3.63) is 200 Å². The second-order valence-electron chi connectivity index (χ2n) is 14.8. The monoisotopic (exact) mass is 739 g/mol. The lowest BCUT2D eigenvalue weighted by Crippen LogP contribution is -2.04. The molecule has 4 aromatic heterocycles. The Morgan fingerprint density at radius 3 is 1.59 bits per heavy atom. The highest BCUT2D eigenvalue weighted by Gasteiger charge is 2.25. The molecule has 0 aliphatic rings. The molecule has 0 aliphatic heterocycles. The van der Waals surface area contributed by atoms with Crippen LogP contribution in [0.15, 0.2) is 200 Å². The summed E-state index contributed by atoms with van der Waals surface area (Å²) in [6.45, 7) is 0. The normalized spacial score (nSPS) is 11.8. The summed E-state index contributed by atoms with van der Waals surface area (Å²) < 4.78 is 4.72. The van der Waals surface area contributed by atoms with Crippen LogP contribution in [0.2, 0.25) is 0 Å². The van der Waals surface area contributed by atoms with E-state index in [1.165, 1.54) is 10.8 Å². The molecule has 58 heavy (non-hydrogen) atoms. The van der Waals surface area contributed by atoms with Crippen LogP contribution in [0, 0.1) is 0 Å². The molecule has 0 saturated carbocycles. The SMILES string of the molecule is c1ccc(-c2ccc3c4c5c6ccccc6n6c(-c7ccccc7)nc(-c7ccccc7)c6c5ccc4n(-c4nc5ccccc5nc4-c4ccccc4)c3c2)cc1. The molecule has 8 aromatic carbocycles. The van der Waals surface area contributed by atoms with Gasteiger partial charge in [0, 0.05) is 43.6 Å². The maximum atomic E-state index is 5.48. The van der Waals surface area contributed by atoms with Gasteiger partial charge in [0.15, 0.2) is 5.82 Å². The average molecular weight is 740 g/mol. The van der Waals surface area contributed by atoms with E-state index in [0.29, 0.717) is 0 Å². The third kappa shape index (κ3) is 4.87. The number of para-hydroxylation sites is 3. The molecule has 0 aliphatic carbocycles. The summed E-state index contributed by atoms with van der Waals surface area (Å²) in [6.07, 6.45) is 0. The lowest BCUT2D eigenvalue weighted by Gasteiger charge is -2.15. The molecular formula is C53H33N5. The number of rotatable bonds is 5. The van der Waals surface area contributed by atoms with Gasteiger partial charge in [0.25, 0.3) is 0 Å². The Bertz CT molecular complexity index is 3540. The summed E-state index contributed by atoms with van der Waals surface area (Å²) in [5.74, 6) is 1.71. The molecule has 0 radical (unpaired) electrons. The van der Waals surface area contributed by atoms with E-state index < -0.39 is 0 Å². The van der Waals surface area contributed by atoms with Crippen molar-refractivity contribution < 1.29 is 0 Å². The molecule has 0 spiro atoms. The van der Waals surface area contributed by atoms with Crippen molar-refractivity contribution in [2.45, 2.75) is 0 Å². The van der Waals surface area contributed by atoms with E-state index in [0.717, 1.165) is 100 Å². The predicted octanol–water partition coefficient (Wildman–Crippen LogP) is 13.3. The molecule has 0 saturated heterocycles. The van der Waals surface area contributed by atoms with Gasteiger partial charge in [-0.2, -0.15) is 0 Å². The maximum absolute atomic E-state index is 5.48. The zero-order chi connectivity index (χ0) is 38.2. The number of hydrogen-bond acceptors (Lipinski definition) is 3. The van der Waals surface area contributed by atoms with Gasteiger partial charge >= 0.3 is 0 Å². The molecule has 0 bridgehead atoms. The second kappa shape index (κ2) is 12.8. The summed E-state index contributed by atoms with van der Waals surface area (Å²) in [7, 11) is 0. The Labute approximate surface area is 333 Å². The highest BCUT2D eigenvalue weighted by molar-refractivity contribution is 6.31. The highest BCUT2D eigenvalue weighted by Crippen LogP contribution is 2.46. The van der Waals surface area contributed by atoms with Crippen LogP contribution in [-0.4, -0.2) is 23.9 Å². The third-order valence-electron chi connectivity index (χ3n) is 11.5. The number of nitrogens with zero attached hydrogens (tertiary/aromatic N) is 5. The summed E-state index contributed by atoms with van der Waals surface area (Å²) in [5, 5.41) is 5.79. The van der Waals surface area contributed by atoms with Gasteiger partial charge in [0.1, 0.15) is 11.5 Å². The van der Waals surface area contributed by atoms with Crippen molar-refractivity contribution >= 4 is 60.0 Å². The Balaban J connectivity index is 1.29. The Morgan fingerprint density at radius 1 is 0.328 bits per heavy atom. The fraction of sp³-hybridized carbons (Fsp3) is 0. The molecule has 270 valence electrons. The lowest BCUT2D eigenvalue weighted by molar-refractivity contribution is 1.08. The van der Waals surface area contributed by atoms with Crippen LogP contribution in [0.5, 0.6) is 0 Å². The highest BCUT2D eigenvalue weighted by atomic mass is 15.1. The molecule has 12 rings (SSSR count). The van der Waals surface area contributed by atoms with Gasteiger partial charge in [-0.1, -0.05) is 170 Å². The largest absolute Gasteiger partial charge is 0.292 e. The van der Waals surface area contributed by atoms with E-state index in [1.807, 2.05) is 24.3 Å². The van der Waals surface area contributed by atoms with Crippen LogP contribution >= 0.6 is 0 Å². The van der Waals surface area contributed by atoms with Crippen molar-refractivity contribution in [1.82, 2.24) is 23.9 Å². The summed E-state index contributed by atoms with van der Waals surface area (Å²) in [5.41, 5.74) is 13.3. The first-order valence-electron chi connectivity index (χ1n) is 19.6. The van der Waals surface area contributed by atoms with Gasteiger partial charge in [-0.25, -0.2) is 15.0 Å². The van der Waals surface area contributed by atoms with Gasteiger partial charge in [-0.15, -0.1) is 0 Å². The lowest BCUT2D eigenvalue weighted by atomic mass is 9.97. The minimum Gasteiger partial charge on any atom is -0.292 e. The molecule has 5 heteroatoms. The van der Waals surface area contributed by atoms with Crippen molar-refractivity contribution in [2.24, 2.45) is 0 Å². The Kier molecular flexibility index (Phi) is 7.16. The van der Waals surface area contributed by atoms with E-state index in [4.69, 9.17) is 15.0 Å². The fourth-order valence-corrected chi connectivity index (χ4v) is 8.92. The number of hydrogen-bond donors (Lipinski definition) is 0. The zero-order valence-corrected chi connectivity index (χ0v) is 31.3. The number of fused-ring (bicyclic) bond motifs is 11. The number of benzene rings is 8. The van der Waals surface area contributed by atoms with Crippen LogP contribution in [0.1, 0.15) is 0 Å². The summed E-state index contributed by atoms with van der Waals surface area (Å²) >= 11 is 0. The average Bonchev–Trinajstić information content (AvgIpc) is 3.87. The van der Waals surface area contributed by atoms with Crippen molar-refractivity contribution in [1.29, 1.82) is 0 Å². The van der Waals surface area contributed by atoms with Crippen LogP contribution in [-0.2, 0) is 0 Å². The Morgan fingerprint density at radius 2 is 0.879 bits per heavy atom. The number of imidazole rings is 1. The van der Waals surface area contributed by atoms with Crippen LogP contribution in [0.25, 0.3) is 111 Å². The first-order chi connectivity index (χ1) is 28.8. The van der Waals surface area contributed by atoms with Gasteiger partial charge in [0.05, 0.1) is 38.8 Å². The molecular weight excluding hydrogens is 707 g/mol. The van der Waals surface area contributed by atoms with Gasteiger partial charge in [-0.3, -0.25) is 8.97 Å². The third-order valence-corrected chi connectivity index (χ3v) is 11.5. The molecule has 0 N–H and O–H groups in total. The number of aromatic nitrogens is 5. The fourth-order valence-electron chi connectivity index (χ4n) is 8.92. The van der Waals surface area contributed by atoms with Crippen LogP contribution < -0.4 is 0 Å². The molecule has 0 amide bonds. The summed E-state index contributed by atoms with van der Waals surface area (Å²) in [4.78, 5) is 16.3. The van der Waals surface area contributed by atoms with Crippen molar-refractivity contribution in [2.75, 3.05) is 0 Å². The molecule has 5 nitrogen and oxygen atoms in total. The van der Waals surface area contributed by atoms with Crippen LogP contribution in [0.3, 0.4) is 0 Å². The predicted molar refractivity (Wildman–Crippen MR) is 239 cm³/mol. The van der Waals surface area contributed by atoms with E-state index >= 15 is 0 Å². The first-order valence-corrected chi connectivity index (χ1v) is 19.6. The molecule has 4 heterocycles. The smallest absolute Gasteiger partial charge is 0.165 e. The Hall–Kier alpha value is -7.89.